The summed E-state index contributed by atoms with van der Waals surface area (Å²) in [6, 6.07) is 10.5. The number of carbonyl (C=O) groups is 4. The predicted octanol–water partition coefficient (Wildman–Crippen LogP) is 2.86. The van der Waals surface area contributed by atoms with Gasteiger partial charge < -0.3 is 20.1 Å². The molecule has 2 N–H and O–H groups in total. The first-order valence-electron chi connectivity index (χ1n) is 8.41. The third-order valence-corrected chi connectivity index (χ3v) is 3.76. The van der Waals surface area contributed by atoms with Gasteiger partial charge in [0.2, 0.25) is 5.91 Å². The Morgan fingerprint density at radius 1 is 0.786 bits per heavy atom. The first-order valence-corrected chi connectivity index (χ1v) is 8.41. The van der Waals surface area contributed by atoms with Crippen molar-refractivity contribution < 1.29 is 28.7 Å². The van der Waals surface area contributed by atoms with E-state index in [1.807, 2.05) is 0 Å². The standard InChI is InChI=1S/C20H20N2O6/c1-4-17(23)21-15-7-5-6-12(9-15)18(24)22-16-10-13(19(25)27-2)8-14(11-16)20(26)28-3/h5-11H,4H2,1-3H3,(H,21,23)(H,22,24). The lowest BCUT2D eigenvalue weighted by Gasteiger charge is -2.10. The van der Waals surface area contributed by atoms with Gasteiger partial charge in [0.05, 0.1) is 25.3 Å². The Kier molecular flexibility index (Phi) is 6.86. The summed E-state index contributed by atoms with van der Waals surface area (Å²) in [4.78, 5) is 47.7. The van der Waals surface area contributed by atoms with Crippen LogP contribution < -0.4 is 10.6 Å². The molecule has 0 unspecified atom stereocenters. The molecule has 0 aliphatic rings. The molecule has 0 heterocycles. The highest BCUT2D eigenvalue weighted by Gasteiger charge is 2.16. The minimum Gasteiger partial charge on any atom is -0.465 e. The van der Waals surface area contributed by atoms with Gasteiger partial charge in [-0.15, -0.1) is 0 Å². The summed E-state index contributed by atoms with van der Waals surface area (Å²) in [7, 11) is 2.42. The minimum absolute atomic E-state index is 0.0876. The molecule has 0 saturated heterocycles. The van der Waals surface area contributed by atoms with Crippen LogP contribution in [0.15, 0.2) is 42.5 Å². The van der Waals surface area contributed by atoms with E-state index in [9.17, 15) is 19.2 Å². The van der Waals surface area contributed by atoms with Gasteiger partial charge in [-0.25, -0.2) is 9.59 Å². The highest BCUT2D eigenvalue weighted by atomic mass is 16.5. The summed E-state index contributed by atoms with van der Waals surface area (Å²) in [5, 5.41) is 5.30. The zero-order valence-corrected chi connectivity index (χ0v) is 15.7. The van der Waals surface area contributed by atoms with Gasteiger partial charge in [0, 0.05) is 23.4 Å². The second-order valence-corrected chi connectivity index (χ2v) is 5.72. The SMILES string of the molecule is CCC(=O)Nc1cccc(C(=O)Nc2cc(C(=O)OC)cc(C(=O)OC)c2)c1. The Hall–Kier alpha value is -3.68. The molecule has 28 heavy (non-hydrogen) atoms. The Labute approximate surface area is 161 Å². The van der Waals surface area contributed by atoms with E-state index >= 15 is 0 Å². The molecule has 2 rings (SSSR count). The zero-order valence-electron chi connectivity index (χ0n) is 15.7. The normalized spacial score (nSPS) is 9.96. The fraction of sp³-hybridized carbons (Fsp3) is 0.200. The van der Waals surface area contributed by atoms with Gasteiger partial charge in [-0.2, -0.15) is 0 Å². The second-order valence-electron chi connectivity index (χ2n) is 5.72. The molecule has 0 aromatic heterocycles. The Morgan fingerprint density at radius 3 is 1.89 bits per heavy atom. The van der Waals surface area contributed by atoms with E-state index < -0.39 is 17.8 Å². The molecule has 0 bridgehead atoms. The number of hydrogen-bond donors (Lipinski definition) is 2. The maximum atomic E-state index is 12.6. The molecule has 0 radical (unpaired) electrons. The first-order chi connectivity index (χ1) is 13.4. The van der Waals surface area contributed by atoms with Crippen LogP contribution in [0.25, 0.3) is 0 Å². The topological polar surface area (TPSA) is 111 Å². The van der Waals surface area contributed by atoms with E-state index in [-0.39, 0.29) is 28.3 Å². The number of rotatable bonds is 6. The maximum absolute atomic E-state index is 12.6. The zero-order chi connectivity index (χ0) is 20.7. The summed E-state index contributed by atoms with van der Waals surface area (Å²) in [5.74, 6) is -1.98. The minimum atomic E-state index is -0.662. The second kappa shape index (κ2) is 9.31. The van der Waals surface area contributed by atoms with E-state index in [1.54, 1.807) is 25.1 Å². The molecule has 0 spiro atoms. The third kappa shape index (κ3) is 5.16. The predicted molar refractivity (Wildman–Crippen MR) is 102 cm³/mol. The van der Waals surface area contributed by atoms with Gasteiger partial charge in [0.15, 0.2) is 0 Å². The van der Waals surface area contributed by atoms with Crippen molar-refractivity contribution in [1.82, 2.24) is 0 Å². The Balaban J connectivity index is 2.30. The van der Waals surface area contributed by atoms with Crippen molar-refractivity contribution in [2.75, 3.05) is 24.9 Å². The lowest BCUT2D eigenvalue weighted by atomic mass is 10.1. The third-order valence-electron chi connectivity index (χ3n) is 3.76. The summed E-state index contributed by atoms with van der Waals surface area (Å²) in [6.07, 6.45) is 0.313. The van der Waals surface area contributed by atoms with Gasteiger partial charge in [0.25, 0.3) is 5.91 Å². The van der Waals surface area contributed by atoms with E-state index in [1.165, 1.54) is 38.5 Å². The summed E-state index contributed by atoms with van der Waals surface area (Å²) >= 11 is 0. The van der Waals surface area contributed by atoms with Crippen molar-refractivity contribution in [2.24, 2.45) is 0 Å². The number of carbonyl (C=O) groups excluding carboxylic acids is 4. The first kappa shape index (κ1) is 20.6. The number of esters is 2. The summed E-state index contributed by atoms with van der Waals surface area (Å²) in [5.41, 5.74) is 1.17. The van der Waals surface area contributed by atoms with E-state index in [0.29, 0.717) is 12.1 Å². The van der Waals surface area contributed by atoms with Crippen LogP contribution in [-0.2, 0) is 14.3 Å². The molecule has 0 aliphatic carbocycles. The highest BCUT2D eigenvalue weighted by Crippen LogP contribution is 2.19. The van der Waals surface area contributed by atoms with Gasteiger partial charge in [0.1, 0.15) is 0 Å². The van der Waals surface area contributed by atoms with Gasteiger partial charge >= 0.3 is 11.9 Å². The van der Waals surface area contributed by atoms with Crippen molar-refractivity contribution in [1.29, 1.82) is 0 Å². The largest absolute Gasteiger partial charge is 0.465 e. The van der Waals surface area contributed by atoms with Crippen LogP contribution in [0.4, 0.5) is 11.4 Å². The molecule has 2 aromatic carbocycles. The number of amides is 2. The van der Waals surface area contributed by atoms with Crippen molar-refractivity contribution in [3.8, 4) is 0 Å². The van der Waals surface area contributed by atoms with Crippen LogP contribution >= 0.6 is 0 Å². The van der Waals surface area contributed by atoms with Crippen molar-refractivity contribution >= 4 is 35.1 Å². The Morgan fingerprint density at radius 2 is 1.36 bits per heavy atom. The quantitative estimate of drug-likeness (QED) is 0.741. The smallest absolute Gasteiger partial charge is 0.337 e. The molecule has 146 valence electrons. The van der Waals surface area contributed by atoms with Crippen LogP contribution in [0, 0.1) is 0 Å². The molecule has 0 fully saturated rings. The average molecular weight is 384 g/mol. The van der Waals surface area contributed by atoms with Crippen molar-refractivity contribution in [3.05, 3.63) is 59.2 Å². The van der Waals surface area contributed by atoms with Crippen molar-refractivity contribution in [2.45, 2.75) is 13.3 Å². The fourth-order valence-electron chi connectivity index (χ4n) is 2.36. The molecule has 0 aliphatic heterocycles. The van der Waals surface area contributed by atoms with Crippen LogP contribution in [0.5, 0.6) is 0 Å². The molecule has 2 amide bonds. The molecule has 0 saturated carbocycles. The lowest BCUT2D eigenvalue weighted by Crippen LogP contribution is -2.15. The van der Waals surface area contributed by atoms with E-state index in [0.717, 1.165) is 0 Å². The van der Waals surface area contributed by atoms with Gasteiger partial charge in [-0.1, -0.05) is 13.0 Å². The average Bonchev–Trinajstić information content (AvgIpc) is 2.72. The number of hydrogen-bond acceptors (Lipinski definition) is 6. The number of nitrogens with one attached hydrogen (secondary N) is 2. The van der Waals surface area contributed by atoms with E-state index in [4.69, 9.17) is 0 Å². The maximum Gasteiger partial charge on any atom is 0.337 e. The highest BCUT2D eigenvalue weighted by molar-refractivity contribution is 6.07. The van der Waals surface area contributed by atoms with Crippen LogP contribution in [0.1, 0.15) is 44.4 Å². The molecule has 0 atom stereocenters. The van der Waals surface area contributed by atoms with Crippen molar-refractivity contribution in [3.63, 3.8) is 0 Å². The van der Waals surface area contributed by atoms with Crippen LogP contribution in [0.3, 0.4) is 0 Å². The summed E-state index contributed by atoms with van der Waals surface area (Å²) < 4.78 is 9.34. The molecule has 8 nitrogen and oxygen atoms in total. The van der Waals surface area contributed by atoms with E-state index in [2.05, 4.69) is 20.1 Å². The monoisotopic (exact) mass is 384 g/mol. The number of methoxy groups -OCH3 is 2. The summed E-state index contributed by atoms with van der Waals surface area (Å²) in [6.45, 7) is 1.72. The molecular weight excluding hydrogens is 364 g/mol. The van der Waals surface area contributed by atoms with Crippen LogP contribution in [-0.4, -0.2) is 38.0 Å². The Bertz CT molecular complexity index is 888. The number of benzene rings is 2. The molecular formula is C20H20N2O6. The van der Waals surface area contributed by atoms with Gasteiger partial charge in [-0.05, 0) is 36.4 Å². The fourth-order valence-corrected chi connectivity index (χ4v) is 2.36. The molecule has 8 heteroatoms. The molecule has 2 aromatic rings. The number of anilines is 2. The van der Waals surface area contributed by atoms with Gasteiger partial charge in [-0.3, -0.25) is 9.59 Å². The lowest BCUT2D eigenvalue weighted by molar-refractivity contribution is -0.115. The number of ether oxygens (including phenoxy) is 2. The van der Waals surface area contributed by atoms with Crippen LogP contribution in [0.2, 0.25) is 0 Å².